The number of carbonyl (C=O) groups excluding carboxylic acids is 1. The first kappa shape index (κ1) is 19.5. The lowest BCUT2D eigenvalue weighted by atomic mass is 10.1. The lowest BCUT2D eigenvalue weighted by Gasteiger charge is -2.34. The summed E-state index contributed by atoms with van der Waals surface area (Å²) in [6, 6.07) is 7.44. The Morgan fingerprint density at radius 1 is 1.48 bits per heavy atom. The summed E-state index contributed by atoms with van der Waals surface area (Å²) in [5, 5.41) is 12.4. The molecule has 1 heterocycles. The summed E-state index contributed by atoms with van der Waals surface area (Å²) in [4.78, 5) is 26.4. The van der Waals surface area contributed by atoms with E-state index in [0.29, 0.717) is 44.2 Å². The van der Waals surface area contributed by atoms with Crippen molar-refractivity contribution in [2.75, 3.05) is 46.4 Å². The van der Waals surface area contributed by atoms with Crippen molar-refractivity contribution in [3.8, 4) is 0 Å². The highest BCUT2D eigenvalue weighted by atomic mass is 35.5. The normalized spacial score (nSPS) is 17.6. The number of morpholine rings is 1. The van der Waals surface area contributed by atoms with Crippen molar-refractivity contribution in [2.24, 2.45) is 0 Å². The highest BCUT2D eigenvalue weighted by molar-refractivity contribution is 6.30. The van der Waals surface area contributed by atoms with Crippen LogP contribution in [0.25, 0.3) is 0 Å². The molecule has 0 aliphatic carbocycles. The van der Waals surface area contributed by atoms with Gasteiger partial charge in [0.05, 0.1) is 19.3 Å². The fourth-order valence-corrected chi connectivity index (χ4v) is 2.99. The van der Waals surface area contributed by atoms with Crippen LogP contribution in [0, 0.1) is 0 Å². The molecule has 0 aromatic heterocycles. The summed E-state index contributed by atoms with van der Waals surface area (Å²) in [7, 11) is 1.72. The molecule has 1 aliphatic rings. The van der Waals surface area contributed by atoms with E-state index in [-0.39, 0.29) is 18.7 Å². The van der Waals surface area contributed by atoms with Gasteiger partial charge in [-0.1, -0.05) is 23.7 Å². The van der Waals surface area contributed by atoms with E-state index in [1.807, 2.05) is 24.3 Å². The molecule has 0 spiro atoms. The average molecular weight is 370 g/mol. The van der Waals surface area contributed by atoms with Gasteiger partial charge in [-0.25, -0.2) is 4.79 Å². The molecular formula is C17H24ClN3O4. The van der Waals surface area contributed by atoms with E-state index < -0.39 is 5.97 Å². The molecule has 1 aromatic rings. The van der Waals surface area contributed by atoms with Crippen LogP contribution in [-0.2, 0) is 16.0 Å². The first-order valence-electron chi connectivity index (χ1n) is 8.23. The van der Waals surface area contributed by atoms with Crippen molar-refractivity contribution in [2.45, 2.75) is 12.5 Å². The average Bonchev–Trinajstić information content (AvgIpc) is 2.54. The predicted octanol–water partition coefficient (Wildman–Crippen LogP) is 1.31. The lowest BCUT2D eigenvalue weighted by molar-refractivity contribution is -0.138. The number of rotatable bonds is 7. The number of nitrogens with one attached hydrogen (secondary N) is 1. The molecule has 0 radical (unpaired) electrons. The molecule has 7 nitrogen and oxygen atoms in total. The van der Waals surface area contributed by atoms with Crippen LogP contribution in [0.15, 0.2) is 24.3 Å². The first-order chi connectivity index (χ1) is 11.9. The summed E-state index contributed by atoms with van der Waals surface area (Å²) in [6.07, 6.45) is 0.526. The summed E-state index contributed by atoms with van der Waals surface area (Å²) in [5.41, 5.74) is 1.07. The largest absolute Gasteiger partial charge is 0.480 e. The molecule has 8 heteroatoms. The zero-order chi connectivity index (χ0) is 18.2. The molecular weight excluding hydrogens is 346 g/mol. The number of hydrogen-bond donors (Lipinski definition) is 2. The minimum Gasteiger partial charge on any atom is -0.480 e. The molecule has 138 valence electrons. The molecule has 0 saturated carbocycles. The third kappa shape index (κ3) is 6.89. The van der Waals surface area contributed by atoms with Gasteiger partial charge in [0.1, 0.15) is 0 Å². The number of urea groups is 1. The number of likely N-dealkylation sites (N-methyl/N-ethyl adjacent to an activating group) is 1. The van der Waals surface area contributed by atoms with E-state index in [0.717, 1.165) is 5.56 Å². The van der Waals surface area contributed by atoms with Gasteiger partial charge in [-0.3, -0.25) is 9.69 Å². The number of halogens is 1. The van der Waals surface area contributed by atoms with E-state index in [9.17, 15) is 9.59 Å². The fourth-order valence-electron chi connectivity index (χ4n) is 2.78. The minimum atomic E-state index is -0.881. The van der Waals surface area contributed by atoms with Gasteiger partial charge in [-0.05, 0) is 31.2 Å². The van der Waals surface area contributed by atoms with Gasteiger partial charge in [0.25, 0.3) is 0 Å². The second kappa shape index (κ2) is 9.60. The number of benzene rings is 1. The van der Waals surface area contributed by atoms with Gasteiger partial charge < -0.3 is 20.1 Å². The van der Waals surface area contributed by atoms with Crippen molar-refractivity contribution in [3.05, 3.63) is 34.9 Å². The number of carbonyl (C=O) groups is 2. The van der Waals surface area contributed by atoms with E-state index in [2.05, 4.69) is 5.32 Å². The van der Waals surface area contributed by atoms with Crippen molar-refractivity contribution >= 4 is 23.6 Å². The maximum atomic E-state index is 12.3. The Morgan fingerprint density at radius 3 is 3.00 bits per heavy atom. The topological polar surface area (TPSA) is 82.1 Å². The molecule has 1 fully saturated rings. The molecule has 2 N–H and O–H groups in total. The van der Waals surface area contributed by atoms with Crippen molar-refractivity contribution in [1.29, 1.82) is 0 Å². The zero-order valence-electron chi connectivity index (χ0n) is 14.3. The number of ether oxygens (including phenoxy) is 1. The summed E-state index contributed by atoms with van der Waals surface area (Å²) >= 11 is 5.95. The summed E-state index contributed by atoms with van der Waals surface area (Å²) < 4.78 is 5.63. The maximum absolute atomic E-state index is 12.3. The fraction of sp³-hybridized carbons (Fsp3) is 0.529. The smallest absolute Gasteiger partial charge is 0.317 e. The van der Waals surface area contributed by atoms with Gasteiger partial charge in [0, 0.05) is 31.2 Å². The number of amides is 2. The number of carboxylic acid groups (broad SMARTS) is 1. The monoisotopic (exact) mass is 369 g/mol. The van der Waals surface area contributed by atoms with Crippen molar-refractivity contribution < 1.29 is 19.4 Å². The SMILES string of the molecule is CN(CC(=O)O)CC1CN(C(=O)NCCc2cccc(Cl)c2)CCO1. The van der Waals surface area contributed by atoms with Crippen LogP contribution in [0.4, 0.5) is 4.79 Å². The second-order valence-electron chi connectivity index (χ2n) is 6.14. The number of carboxylic acids is 1. The van der Waals surface area contributed by atoms with Gasteiger partial charge >= 0.3 is 12.0 Å². The Bertz CT molecular complexity index is 599. The van der Waals surface area contributed by atoms with Crippen LogP contribution >= 0.6 is 11.6 Å². The molecule has 1 aromatic carbocycles. The third-order valence-electron chi connectivity index (χ3n) is 3.93. The predicted molar refractivity (Wildman–Crippen MR) is 95.0 cm³/mol. The summed E-state index contributed by atoms with van der Waals surface area (Å²) in [5.74, 6) is -0.881. The van der Waals surface area contributed by atoms with E-state index in [1.165, 1.54) is 0 Å². The Morgan fingerprint density at radius 2 is 2.28 bits per heavy atom. The molecule has 2 amide bonds. The van der Waals surface area contributed by atoms with Gasteiger partial charge in [-0.2, -0.15) is 0 Å². The lowest BCUT2D eigenvalue weighted by Crippen LogP contribution is -2.52. The quantitative estimate of drug-likeness (QED) is 0.757. The van der Waals surface area contributed by atoms with E-state index in [4.69, 9.17) is 21.4 Å². The Hall–Kier alpha value is -1.83. The summed E-state index contributed by atoms with van der Waals surface area (Å²) in [6.45, 7) is 2.38. The molecule has 1 aliphatic heterocycles. The Kier molecular flexibility index (Phi) is 7.49. The molecule has 0 bridgehead atoms. The molecule has 25 heavy (non-hydrogen) atoms. The molecule has 1 atom stereocenters. The van der Waals surface area contributed by atoms with Gasteiger partial charge in [0.15, 0.2) is 0 Å². The zero-order valence-corrected chi connectivity index (χ0v) is 15.0. The van der Waals surface area contributed by atoms with Gasteiger partial charge in [0.2, 0.25) is 0 Å². The van der Waals surface area contributed by atoms with Crippen LogP contribution in [0.2, 0.25) is 5.02 Å². The Labute approximate surface area is 152 Å². The second-order valence-corrected chi connectivity index (χ2v) is 6.58. The van der Waals surface area contributed by atoms with Crippen LogP contribution in [0.3, 0.4) is 0 Å². The van der Waals surface area contributed by atoms with Crippen LogP contribution < -0.4 is 5.32 Å². The van der Waals surface area contributed by atoms with E-state index in [1.54, 1.807) is 16.8 Å². The molecule has 1 unspecified atom stereocenters. The number of hydrogen-bond acceptors (Lipinski definition) is 4. The van der Waals surface area contributed by atoms with Crippen LogP contribution in [0.1, 0.15) is 5.56 Å². The van der Waals surface area contributed by atoms with Crippen molar-refractivity contribution in [1.82, 2.24) is 15.1 Å². The highest BCUT2D eigenvalue weighted by Crippen LogP contribution is 2.11. The first-order valence-corrected chi connectivity index (χ1v) is 8.61. The maximum Gasteiger partial charge on any atom is 0.317 e. The standard InChI is InChI=1S/C17H24ClN3O4/c1-20(12-16(22)23)10-15-11-21(7-8-25-15)17(24)19-6-5-13-3-2-4-14(18)9-13/h2-4,9,15H,5-8,10-12H2,1H3,(H,19,24)(H,22,23). The Balaban J connectivity index is 1.74. The van der Waals surface area contributed by atoms with Crippen LogP contribution in [0.5, 0.6) is 0 Å². The number of aliphatic carboxylic acids is 1. The van der Waals surface area contributed by atoms with E-state index >= 15 is 0 Å². The minimum absolute atomic E-state index is 0.0499. The van der Waals surface area contributed by atoms with Crippen LogP contribution in [-0.4, -0.2) is 79.4 Å². The highest BCUT2D eigenvalue weighted by Gasteiger charge is 2.25. The molecule has 2 rings (SSSR count). The third-order valence-corrected chi connectivity index (χ3v) is 4.16. The van der Waals surface area contributed by atoms with Crippen molar-refractivity contribution in [3.63, 3.8) is 0 Å². The van der Waals surface area contributed by atoms with Gasteiger partial charge in [-0.15, -0.1) is 0 Å². The number of nitrogens with zero attached hydrogens (tertiary/aromatic N) is 2. The molecule has 1 saturated heterocycles.